The van der Waals surface area contributed by atoms with Crippen LogP contribution in [0.15, 0.2) is 12.3 Å². The standard InChI is InChI=1S/C14H24FN3/c1-5-8-16-10-12-7-9-17-14(13(12)15)18(4)11(3)6-2/h7,9,11,16H,5-6,8,10H2,1-4H3. The van der Waals surface area contributed by atoms with E-state index >= 15 is 0 Å². The first kappa shape index (κ1) is 14.9. The number of hydrogen-bond donors (Lipinski definition) is 1. The molecule has 18 heavy (non-hydrogen) atoms. The minimum Gasteiger partial charge on any atom is -0.355 e. The molecule has 1 heterocycles. The molecule has 102 valence electrons. The maximum absolute atomic E-state index is 14.3. The summed E-state index contributed by atoms with van der Waals surface area (Å²) in [5.74, 6) is 0.240. The predicted octanol–water partition coefficient (Wildman–Crippen LogP) is 2.96. The van der Waals surface area contributed by atoms with Crippen molar-refractivity contribution in [2.24, 2.45) is 0 Å². The lowest BCUT2D eigenvalue weighted by Crippen LogP contribution is -2.30. The Morgan fingerprint density at radius 1 is 1.44 bits per heavy atom. The molecule has 0 aliphatic carbocycles. The van der Waals surface area contributed by atoms with E-state index in [9.17, 15) is 4.39 Å². The Labute approximate surface area is 109 Å². The van der Waals surface area contributed by atoms with E-state index in [1.165, 1.54) is 0 Å². The zero-order valence-corrected chi connectivity index (χ0v) is 11.8. The summed E-state index contributed by atoms with van der Waals surface area (Å²) in [6.07, 6.45) is 3.70. The van der Waals surface area contributed by atoms with Crippen molar-refractivity contribution in [3.8, 4) is 0 Å². The van der Waals surface area contributed by atoms with Crippen molar-refractivity contribution >= 4 is 5.82 Å². The highest BCUT2D eigenvalue weighted by molar-refractivity contribution is 5.43. The van der Waals surface area contributed by atoms with Crippen molar-refractivity contribution in [3.05, 3.63) is 23.6 Å². The van der Waals surface area contributed by atoms with Crippen LogP contribution in [0.1, 0.15) is 39.2 Å². The van der Waals surface area contributed by atoms with E-state index < -0.39 is 0 Å². The zero-order valence-electron chi connectivity index (χ0n) is 11.8. The average Bonchev–Trinajstić information content (AvgIpc) is 2.39. The van der Waals surface area contributed by atoms with Crippen molar-refractivity contribution in [3.63, 3.8) is 0 Å². The van der Waals surface area contributed by atoms with Gasteiger partial charge in [-0.05, 0) is 32.4 Å². The van der Waals surface area contributed by atoms with Crippen LogP contribution in [0.4, 0.5) is 10.2 Å². The summed E-state index contributed by atoms with van der Waals surface area (Å²) in [6, 6.07) is 2.03. The fourth-order valence-corrected chi connectivity index (χ4v) is 1.74. The molecule has 0 spiro atoms. The second kappa shape index (κ2) is 7.31. The minimum absolute atomic E-state index is 0.205. The van der Waals surface area contributed by atoms with Gasteiger partial charge in [-0.25, -0.2) is 9.37 Å². The van der Waals surface area contributed by atoms with Crippen LogP contribution in [0, 0.1) is 5.82 Å². The average molecular weight is 253 g/mol. The first-order chi connectivity index (χ1) is 8.61. The number of pyridine rings is 1. The van der Waals surface area contributed by atoms with Crippen LogP contribution in [0.25, 0.3) is 0 Å². The molecule has 0 bridgehead atoms. The highest BCUT2D eigenvalue weighted by Gasteiger charge is 2.16. The summed E-state index contributed by atoms with van der Waals surface area (Å²) in [5, 5.41) is 3.22. The summed E-state index contributed by atoms with van der Waals surface area (Å²) in [6.45, 7) is 7.72. The van der Waals surface area contributed by atoms with Crippen LogP contribution < -0.4 is 10.2 Å². The molecule has 3 nitrogen and oxygen atoms in total. The van der Waals surface area contributed by atoms with Crippen molar-refractivity contribution in [1.29, 1.82) is 0 Å². The summed E-state index contributed by atoms with van der Waals surface area (Å²) in [4.78, 5) is 6.06. The minimum atomic E-state index is -0.205. The number of hydrogen-bond acceptors (Lipinski definition) is 3. The Hall–Kier alpha value is -1.16. The Kier molecular flexibility index (Phi) is 6.05. The quantitative estimate of drug-likeness (QED) is 0.757. The first-order valence-corrected chi connectivity index (χ1v) is 6.68. The summed E-state index contributed by atoms with van der Waals surface area (Å²) >= 11 is 0. The second-order valence-corrected chi connectivity index (χ2v) is 4.65. The Balaban J connectivity index is 2.84. The van der Waals surface area contributed by atoms with Crippen LogP contribution in [-0.4, -0.2) is 24.6 Å². The van der Waals surface area contributed by atoms with Gasteiger partial charge in [0.25, 0.3) is 0 Å². The number of anilines is 1. The van der Waals surface area contributed by atoms with Gasteiger partial charge in [0.05, 0.1) is 0 Å². The van der Waals surface area contributed by atoms with Gasteiger partial charge >= 0.3 is 0 Å². The lowest BCUT2D eigenvalue weighted by atomic mass is 10.2. The van der Waals surface area contributed by atoms with Gasteiger partial charge in [-0.15, -0.1) is 0 Å². The Bertz CT molecular complexity index is 368. The molecule has 0 saturated heterocycles. The topological polar surface area (TPSA) is 28.2 Å². The Morgan fingerprint density at radius 2 is 2.17 bits per heavy atom. The van der Waals surface area contributed by atoms with Crippen molar-refractivity contribution in [2.45, 2.75) is 46.2 Å². The van der Waals surface area contributed by atoms with Gasteiger partial charge in [-0.1, -0.05) is 13.8 Å². The van der Waals surface area contributed by atoms with Crippen LogP contribution in [0.3, 0.4) is 0 Å². The number of aromatic nitrogens is 1. The van der Waals surface area contributed by atoms with E-state index in [0.717, 1.165) is 19.4 Å². The summed E-state index contributed by atoms with van der Waals surface area (Å²) < 4.78 is 14.3. The molecule has 0 saturated carbocycles. The molecule has 1 aromatic rings. The molecule has 1 atom stereocenters. The maximum Gasteiger partial charge on any atom is 0.170 e. The second-order valence-electron chi connectivity index (χ2n) is 4.65. The van der Waals surface area contributed by atoms with E-state index in [1.54, 1.807) is 12.3 Å². The summed E-state index contributed by atoms with van der Waals surface area (Å²) in [7, 11) is 1.89. The van der Waals surface area contributed by atoms with Gasteiger partial charge in [0.2, 0.25) is 0 Å². The van der Waals surface area contributed by atoms with E-state index in [4.69, 9.17) is 0 Å². The van der Waals surface area contributed by atoms with Crippen LogP contribution in [0.2, 0.25) is 0 Å². The fourth-order valence-electron chi connectivity index (χ4n) is 1.74. The van der Waals surface area contributed by atoms with Crippen molar-refractivity contribution in [2.75, 3.05) is 18.5 Å². The number of nitrogens with zero attached hydrogens (tertiary/aromatic N) is 2. The molecule has 0 radical (unpaired) electrons. The van der Waals surface area contributed by atoms with Gasteiger partial charge in [0.15, 0.2) is 11.6 Å². The van der Waals surface area contributed by atoms with E-state index in [-0.39, 0.29) is 11.9 Å². The van der Waals surface area contributed by atoms with E-state index in [1.807, 2.05) is 11.9 Å². The molecular formula is C14H24FN3. The molecular weight excluding hydrogens is 229 g/mol. The molecule has 4 heteroatoms. The molecule has 0 fully saturated rings. The lowest BCUT2D eigenvalue weighted by Gasteiger charge is -2.25. The highest BCUT2D eigenvalue weighted by atomic mass is 19.1. The summed E-state index contributed by atoms with van der Waals surface area (Å²) in [5.41, 5.74) is 0.684. The smallest absolute Gasteiger partial charge is 0.170 e. The molecule has 1 rings (SSSR count). The van der Waals surface area contributed by atoms with E-state index in [0.29, 0.717) is 17.9 Å². The zero-order chi connectivity index (χ0) is 13.5. The number of nitrogens with one attached hydrogen (secondary N) is 1. The third-order valence-corrected chi connectivity index (χ3v) is 3.28. The first-order valence-electron chi connectivity index (χ1n) is 6.68. The molecule has 1 aromatic heterocycles. The highest BCUT2D eigenvalue weighted by Crippen LogP contribution is 2.20. The van der Waals surface area contributed by atoms with Crippen LogP contribution in [0.5, 0.6) is 0 Å². The van der Waals surface area contributed by atoms with Crippen molar-refractivity contribution in [1.82, 2.24) is 10.3 Å². The van der Waals surface area contributed by atoms with Gasteiger partial charge in [-0.3, -0.25) is 0 Å². The van der Waals surface area contributed by atoms with Gasteiger partial charge in [0, 0.05) is 31.4 Å². The third-order valence-electron chi connectivity index (χ3n) is 3.28. The normalized spacial score (nSPS) is 12.5. The van der Waals surface area contributed by atoms with Crippen molar-refractivity contribution < 1.29 is 4.39 Å². The van der Waals surface area contributed by atoms with Gasteiger partial charge in [-0.2, -0.15) is 0 Å². The largest absolute Gasteiger partial charge is 0.355 e. The van der Waals surface area contributed by atoms with Gasteiger partial charge < -0.3 is 10.2 Å². The SMILES string of the molecule is CCCNCc1ccnc(N(C)C(C)CC)c1F. The predicted molar refractivity (Wildman–Crippen MR) is 74.3 cm³/mol. The molecule has 0 aliphatic rings. The van der Waals surface area contributed by atoms with Gasteiger partial charge in [0.1, 0.15) is 0 Å². The Morgan fingerprint density at radius 3 is 2.78 bits per heavy atom. The maximum atomic E-state index is 14.3. The monoisotopic (exact) mass is 253 g/mol. The van der Waals surface area contributed by atoms with Crippen LogP contribution >= 0.6 is 0 Å². The molecule has 0 aromatic carbocycles. The molecule has 0 amide bonds. The number of halogens is 1. The van der Waals surface area contributed by atoms with Crippen LogP contribution in [-0.2, 0) is 6.54 Å². The number of rotatable bonds is 7. The third kappa shape index (κ3) is 3.67. The van der Waals surface area contributed by atoms with E-state index in [2.05, 4.69) is 31.1 Å². The molecule has 0 aliphatic heterocycles. The molecule has 1 unspecified atom stereocenters. The molecule has 1 N–H and O–H groups in total. The fraction of sp³-hybridized carbons (Fsp3) is 0.643. The lowest BCUT2D eigenvalue weighted by molar-refractivity contribution is 0.564.